The number of Topliss-reactive ketones (excluding diaryl/α,β-unsaturated/α-hetero) is 1. The van der Waals surface area contributed by atoms with Crippen LogP contribution in [0.4, 0.5) is 5.69 Å². The van der Waals surface area contributed by atoms with E-state index in [4.69, 9.17) is 17.0 Å². The van der Waals surface area contributed by atoms with Gasteiger partial charge in [0.05, 0.1) is 24.4 Å². The van der Waals surface area contributed by atoms with E-state index < -0.39 is 5.91 Å². The van der Waals surface area contributed by atoms with E-state index in [-0.39, 0.29) is 48.1 Å². The number of nitrogens with one attached hydrogen (secondary N) is 1. The first-order valence-electron chi connectivity index (χ1n) is 13.9. The lowest BCUT2D eigenvalue weighted by atomic mass is 9.97. The monoisotopic (exact) mass is 598 g/mol. The number of ketones is 1. The molecule has 3 aromatic rings. The van der Waals surface area contributed by atoms with Gasteiger partial charge in [0.1, 0.15) is 16.7 Å². The van der Waals surface area contributed by atoms with Gasteiger partial charge in [0.25, 0.3) is 5.91 Å². The summed E-state index contributed by atoms with van der Waals surface area (Å²) in [6.07, 6.45) is 5.53. The number of carbonyl (C=O) groups is 2. The Balaban J connectivity index is 1.61. The number of likely N-dealkylation sites (N-methyl/N-ethyl adjacent to an activating group) is 1. The number of phenolic OH excluding ortho intramolecular Hbond substituents is 2. The molecular formula is C34H35ClN4O4. The topological polar surface area (TPSA) is 117 Å². The lowest BCUT2D eigenvalue weighted by Crippen LogP contribution is -2.30. The summed E-state index contributed by atoms with van der Waals surface area (Å²) in [7, 11) is 3.58. The fourth-order valence-electron chi connectivity index (χ4n) is 4.72. The third kappa shape index (κ3) is 8.28. The number of nitrogens with zero attached hydrogens (tertiary/aromatic N) is 3. The first kappa shape index (κ1) is 31.4. The zero-order valence-corrected chi connectivity index (χ0v) is 25.2. The molecule has 0 atom stereocenters. The Hall–Kier alpha value is -4.53. The standard InChI is InChI=1S/C34H35ClN4O4/c1-22-19-37-33(35)6-4-5-28(22)25-11-13-26(14-12-25)39(34(43)29-16-15-27(40)18-31(29)41)20-24-9-7-23(8-10-24)17-30(36)32(42)21-38(2)3/h5,7-16,18-19,36,40-41H,4,6,17,20-21H2,1-3H3. The molecule has 8 nitrogen and oxygen atoms in total. The lowest BCUT2D eigenvalue weighted by molar-refractivity contribution is -0.113. The molecule has 0 unspecified atom stereocenters. The Morgan fingerprint density at radius 2 is 1.65 bits per heavy atom. The highest BCUT2D eigenvalue weighted by Gasteiger charge is 2.22. The minimum Gasteiger partial charge on any atom is -0.508 e. The van der Waals surface area contributed by atoms with Gasteiger partial charge in [-0.25, -0.2) is 4.99 Å². The van der Waals surface area contributed by atoms with E-state index in [0.717, 1.165) is 40.3 Å². The Morgan fingerprint density at radius 1 is 0.977 bits per heavy atom. The highest BCUT2D eigenvalue weighted by atomic mass is 35.5. The second-order valence-electron chi connectivity index (χ2n) is 10.7. The van der Waals surface area contributed by atoms with Crippen molar-refractivity contribution in [3.8, 4) is 11.5 Å². The molecule has 4 rings (SSSR count). The number of hydrogen-bond donors (Lipinski definition) is 3. The molecule has 0 fully saturated rings. The average Bonchev–Trinajstić information content (AvgIpc) is 2.96. The van der Waals surface area contributed by atoms with Gasteiger partial charge < -0.3 is 25.4 Å². The summed E-state index contributed by atoms with van der Waals surface area (Å²) in [6, 6.07) is 18.9. The number of aliphatic imine (C=N–C) groups is 1. The molecule has 1 aliphatic heterocycles. The largest absolute Gasteiger partial charge is 0.508 e. The number of aromatic hydroxyl groups is 2. The summed E-state index contributed by atoms with van der Waals surface area (Å²) in [5.41, 5.74) is 5.35. The Kier molecular flexibility index (Phi) is 10.3. The molecule has 0 aliphatic carbocycles. The summed E-state index contributed by atoms with van der Waals surface area (Å²) < 4.78 is 0. The maximum Gasteiger partial charge on any atom is 0.262 e. The number of hydrogen-bond acceptors (Lipinski definition) is 7. The third-order valence-corrected chi connectivity index (χ3v) is 7.30. The van der Waals surface area contributed by atoms with Crippen molar-refractivity contribution in [3.63, 3.8) is 0 Å². The van der Waals surface area contributed by atoms with Gasteiger partial charge in [0.2, 0.25) is 0 Å². The number of allylic oxidation sites excluding steroid dienone is 3. The Labute approximate surface area is 256 Å². The van der Waals surface area contributed by atoms with Crippen LogP contribution in [0.2, 0.25) is 0 Å². The lowest BCUT2D eigenvalue weighted by Gasteiger charge is -2.24. The van der Waals surface area contributed by atoms with Crippen molar-refractivity contribution in [1.82, 2.24) is 4.90 Å². The number of halogens is 1. The van der Waals surface area contributed by atoms with Gasteiger partial charge >= 0.3 is 0 Å². The van der Waals surface area contributed by atoms with Gasteiger partial charge in [-0.2, -0.15) is 0 Å². The van der Waals surface area contributed by atoms with E-state index in [1.54, 1.807) is 30.1 Å². The number of rotatable bonds is 10. The van der Waals surface area contributed by atoms with E-state index in [1.165, 1.54) is 12.1 Å². The van der Waals surface area contributed by atoms with Gasteiger partial charge in [-0.1, -0.05) is 54.1 Å². The molecule has 0 saturated carbocycles. The molecule has 222 valence electrons. The van der Waals surface area contributed by atoms with Gasteiger partial charge in [-0.05, 0) is 79.5 Å². The van der Waals surface area contributed by atoms with Crippen LogP contribution >= 0.6 is 11.6 Å². The minimum absolute atomic E-state index is 0.0422. The number of benzene rings is 3. The summed E-state index contributed by atoms with van der Waals surface area (Å²) in [5.74, 6) is -1.12. The molecule has 0 spiro atoms. The first-order valence-corrected chi connectivity index (χ1v) is 14.3. The van der Waals surface area contributed by atoms with Crippen LogP contribution in [-0.2, 0) is 17.8 Å². The minimum atomic E-state index is -0.435. The van der Waals surface area contributed by atoms with Crippen molar-refractivity contribution in [3.05, 3.63) is 107 Å². The molecule has 3 N–H and O–H groups in total. The quantitative estimate of drug-likeness (QED) is 0.235. The van der Waals surface area contributed by atoms with E-state index in [9.17, 15) is 19.8 Å². The fourth-order valence-corrected chi connectivity index (χ4v) is 4.88. The number of anilines is 1. The molecule has 0 aromatic heterocycles. The van der Waals surface area contributed by atoms with Gasteiger partial charge in [0.15, 0.2) is 5.78 Å². The van der Waals surface area contributed by atoms with Crippen LogP contribution in [0.15, 0.2) is 89.6 Å². The zero-order chi connectivity index (χ0) is 31.1. The van der Waals surface area contributed by atoms with Gasteiger partial charge in [-0.15, -0.1) is 0 Å². The van der Waals surface area contributed by atoms with Crippen molar-refractivity contribution in [2.24, 2.45) is 4.99 Å². The summed E-state index contributed by atoms with van der Waals surface area (Å²) in [6.45, 7) is 2.36. The molecule has 3 aromatic carbocycles. The SMILES string of the molecule is CC1=CN=C(Cl)CCC=C1c1ccc(N(Cc2ccc(CC(=N)C(=O)CN(C)C)cc2)C(=O)c2ccc(O)cc2O)cc1. The molecule has 1 heterocycles. The molecular weight excluding hydrogens is 564 g/mol. The summed E-state index contributed by atoms with van der Waals surface area (Å²) in [4.78, 5) is 33.6. The van der Waals surface area contributed by atoms with Crippen molar-refractivity contribution in [2.75, 3.05) is 25.5 Å². The molecule has 0 saturated heterocycles. The Morgan fingerprint density at radius 3 is 2.30 bits per heavy atom. The van der Waals surface area contributed by atoms with E-state index >= 15 is 0 Å². The van der Waals surface area contributed by atoms with E-state index in [2.05, 4.69) is 11.1 Å². The Bertz CT molecular complexity index is 1610. The molecule has 1 amide bonds. The van der Waals surface area contributed by atoms with Crippen LogP contribution in [0.5, 0.6) is 11.5 Å². The molecule has 43 heavy (non-hydrogen) atoms. The highest BCUT2D eigenvalue weighted by molar-refractivity contribution is 6.65. The highest BCUT2D eigenvalue weighted by Crippen LogP contribution is 2.31. The molecule has 0 bridgehead atoms. The van der Waals surface area contributed by atoms with Crippen LogP contribution < -0.4 is 4.90 Å². The predicted octanol–water partition coefficient (Wildman–Crippen LogP) is 6.36. The van der Waals surface area contributed by atoms with Crippen LogP contribution in [0, 0.1) is 5.41 Å². The number of amides is 1. The number of carbonyl (C=O) groups excluding carboxylic acids is 2. The van der Waals surface area contributed by atoms with Gasteiger partial charge in [-0.3, -0.25) is 9.59 Å². The maximum atomic E-state index is 13.8. The van der Waals surface area contributed by atoms with Gasteiger partial charge in [0, 0.05) is 30.8 Å². The van der Waals surface area contributed by atoms with E-state index in [0.29, 0.717) is 17.3 Å². The van der Waals surface area contributed by atoms with Crippen LogP contribution in [0.1, 0.15) is 46.8 Å². The van der Waals surface area contributed by atoms with Crippen LogP contribution in [0.3, 0.4) is 0 Å². The first-order chi connectivity index (χ1) is 20.5. The summed E-state index contributed by atoms with van der Waals surface area (Å²) >= 11 is 6.12. The van der Waals surface area contributed by atoms with E-state index in [1.807, 2.05) is 55.5 Å². The third-order valence-electron chi connectivity index (χ3n) is 7.01. The normalized spacial score (nSPS) is 13.4. The fraction of sp³-hybridized carbons (Fsp3) is 0.235. The molecule has 9 heteroatoms. The second-order valence-corrected chi connectivity index (χ2v) is 11.2. The van der Waals surface area contributed by atoms with Crippen molar-refractivity contribution in [2.45, 2.75) is 32.7 Å². The second kappa shape index (κ2) is 14.1. The van der Waals surface area contributed by atoms with Crippen LogP contribution in [-0.4, -0.2) is 58.3 Å². The smallest absolute Gasteiger partial charge is 0.262 e. The van der Waals surface area contributed by atoms with Crippen molar-refractivity contribution < 1.29 is 19.8 Å². The molecule has 1 aliphatic rings. The zero-order valence-electron chi connectivity index (χ0n) is 24.5. The van der Waals surface area contributed by atoms with Crippen LogP contribution in [0.25, 0.3) is 5.57 Å². The van der Waals surface area contributed by atoms with Crippen molar-refractivity contribution >= 4 is 45.4 Å². The number of phenols is 2. The van der Waals surface area contributed by atoms with Crippen molar-refractivity contribution in [1.29, 1.82) is 5.41 Å². The summed E-state index contributed by atoms with van der Waals surface area (Å²) in [5, 5.41) is 28.9. The maximum absolute atomic E-state index is 13.8. The molecule has 0 radical (unpaired) electrons. The predicted molar refractivity (Wildman–Crippen MR) is 172 cm³/mol. The average molecular weight is 599 g/mol.